The van der Waals surface area contributed by atoms with Crippen LogP contribution in [0.1, 0.15) is 44.2 Å². The van der Waals surface area contributed by atoms with Crippen LogP contribution < -0.4 is 10.1 Å². The minimum absolute atomic E-state index is 0.106. The molecule has 1 atom stereocenters. The SMILES string of the molecule is COC(=O)c1cc2c(cc1OC)C(c1ccc(C)cc1C)NCC2. The van der Waals surface area contributed by atoms with Gasteiger partial charge in [0.1, 0.15) is 11.3 Å². The zero-order valence-corrected chi connectivity index (χ0v) is 14.6. The summed E-state index contributed by atoms with van der Waals surface area (Å²) in [4.78, 5) is 12.0. The van der Waals surface area contributed by atoms with Crippen LogP contribution in [-0.4, -0.2) is 26.7 Å². The molecule has 1 unspecified atom stereocenters. The Bertz CT molecular complexity index is 783. The van der Waals surface area contributed by atoms with Crippen molar-refractivity contribution < 1.29 is 14.3 Å². The summed E-state index contributed by atoms with van der Waals surface area (Å²) in [6.07, 6.45) is 0.880. The summed E-state index contributed by atoms with van der Waals surface area (Å²) in [6, 6.07) is 10.5. The Labute approximate surface area is 142 Å². The number of esters is 1. The Kier molecular flexibility index (Phi) is 4.58. The predicted octanol–water partition coefficient (Wildman–Crippen LogP) is 3.33. The lowest BCUT2D eigenvalue weighted by Crippen LogP contribution is -2.31. The molecule has 0 fully saturated rings. The van der Waals surface area contributed by atoms with Crippen LogP contribution in [0.15, 0.2) is 30.3 Å². The van der Waals surface area contributed by atoms with Crippen molar-refractivity contribution >= 4 is 5.97 Å². The molecule has 0 amide bonds. The van der Waals surface area contributed by atoms with Crippen LogP contribution in [0.25, 0.3) is 0 Å². The van der Waals surface area contributed by atoms with Gasteiger partial charge in [0.25, 0.3) is 0 Å². The van der Waals surface area contributed by atoms with E-state index in [2.05, 4.69) is 37.4 Å². The summed E-state index contributed by atoms with van der Waals surface area (Å²) in [5, 5.41) is 3.59. The number of benzene rings is 2. The molecule has 0 aliphatic carbocycles. The maximum Gasteiger partial charge on any atom is 0.341 e. The molecule has 24 heavy (non-hydrogen) atoms. The zero-order valence-electron chi connectivity index (χ0n) is 14.6. The smallest absolute Gasteiger partial charge is 0.341 e. The van der Waals surface area contributed by atoms with E-state index in [4.69, 9.17) is 9.47 Å². The number of rotatable bonds is 3. The van der Waals surface area contributed by atoms with Crippen molar-refractivity contribution in [1.82, 2.24) is 5.32 Å². The number of nitrogens with one attached hydrogen (secondary N) is 1. The van der Waals surface area contributed by atoms with Gasteiger partial charge in [-0.15, -0.1) is 0 Å². The number of ether oxygens (including phenoxy) is 2. The van der Waals surface area contributed by atoms with E-state index >= 15 is 0 Å². The van der Waals surface area contributed by atoms with Gasteiger partial charge in [0.2, 0.25) is 0 Å². The number of carbonyl (C=O) groups excluding carboxylic acids is 1. The second-order valence-corrected chi connectivity index (χ2v) is 6.24. The van der Waals surface area contributed by atoms with Crippen LogP contribution in [0.4, 0.5) is 0 Å². The monoisotopic (exact) mass is 325 g/mol. The van der Waals surface area contributed by atoms with E-state index in [9.17, 15) is 4.79 Å². The first kappa shape index (κ1) is 16.5. The fraction of sp³-hybridized carbons (Fsp3) is 0.350. The summed E-state index contributed by atoms with van der Waals surface area (Å²) in [5.74, 6) is 0.190. The van der Waals surface area contributed by atoms with Gasteiger partial charge in [-0.3, -0.25) is 0 Å². The molecular weight excluding hydrogens is 302 g/mol. The molecule has 1 heterocycles. The van der Waals surface area contributed by atoms with E-state index in [0.29, 0.717) is 11.3 Å². The molecule has 3 rings (SSSR count). The van der Waals surface area contributed by atoms with Gasteiger partial charge in [0.05, 0.1) is 20.3 Å². The van der Waals surface area contributed by atoms with Crippen LogP contribution in [0.5, 0.6) is 5.75 Å². The minimum atomic E-state index is -0.365. The van der Waals surface area contributed by atoms with Crippen molar-refractivity contribution in [3.8, 4) is 5.75 Å². The first-order valence-electron chi connectivity index (χ1n) is 8.14. The highest BCUT2D eigenvalue weighted by atomic mass is 16.5. The van der Waals surface area contributed by atoms with Gasteiger partial charge in [-0.25, -0.2) is 4.79 Å². The Balaban J connectivity index is 2.11. The molecule has 0 bridgehead atoms. The van der Waals surface area contributed by atoms with Crippen LogP contribution >= 0.6 is 0 Å². The Morgan fingerprint density at radius 3 is 2.58 bits per heavy atom. The maximum atomic E-state index is 12.0. The minimum Gasteiger partial charge on any atom is -0.496 e. The summed E-state index contributed by atoms with van der Waals surface area (Å²) in [7, 11) is 2.97. The fourth-order valence-corrected chi connectivity index (χ4v) is 3.45. The average molecular weight is 325 g/mol. The van der Waals surface area contributed by atoms with Crippen LogP contribution in [0.3, 0.4) is 0 Å². The van der Waals surface area contributed by atoms with E-state index in [-0.39, 0.29) is 12.0 Å². The third-order valence-corrected chi connectivity index (χ3v) is 4.66. The summed E-state index contributed by atoms with van der Waals surface area (Å²) in [6.45, 7) is 5.11. The molecule has 1 aliphatic rings. The van der Waals surface area contributed by atoms with E-state index in [1.54, 1.807) is 7.11 Å². The topological polar surface area (TPSA) is 47.6 Å². The quantitative estimate of drug-likeness (QED) is 0.879. The van der Waals surface area contributed by atoms with Gasteiger partial charge < -0.3 is 14.8 Å². The number of hydrogen-bond acceptors (Lipinski definition) is 4. The van der Waals surface area contributed by atoms with Gasteiger partial charge in [-0.05, 0) is 54.7 Å². The zero-order chi connectivity index (χ0) is 17.3. The average Bonchev–Trinajstić information content (AvgIpc) is 2.59. The van der Waals surface area contributed by atoms with Crippen molar-refractivity contribution in [2.24, 2.45) is 0 Å². The number of hydrogen-bond donors (Lipinski definition) is 1. The Morgan fingerprint density at radius 1 is 1.12 bits per heavy atom. The lowest BCUT2D eigenvalue weighted by molar-refractivity contribution is 0.0597. The lowest BCUT2D eigenvalue weighted by atomic mass is 9.86. The molecule has 126 valence electrons. The molecule has 0 saturated heterocycles. The van der Waals surface area contributed by atoms with Crippen LogP contribution in [-0.2, 0) is 11.2 Å². The van der Waals surface area contributed by atoms with Crippen molar-refractivity contribution in [3.05, 3.63) is 63.7 Å². The second-order valence-electron chi connectivity index (χ2n) is 6.24. The largest absolute Gasteiger partial charge is 0.496 e. The van der Waals surface area contributed by atoms with Crippen LogP contribution in [0.2, 0.25) is 0 Å². The predicted molar refractivity (Wildman–Crippen MR) is 93.8 cm³/mol. The number of aryl methyl sites for hydroxylation is 2. The molecule has 4 heteroatoms. The number of fused-ring (bicyclic) bond motifs is 1. The highest BCUT2D eigenvalue weighted by Gasteiger charge is 2.26. The Morgan fingerprint density at radius 2 is 1.92 bits per heavy atom. The molecule has 2 aromatic rings. The highest BCUT2D eigenvalue weighted by molar-refractivity contribution is 5.93. The third-order valence-electron chi connectivity index (χ3n) is 4.66. The van der Waals surface area contributed by atoms with Crippen molar-refractivity contribution in [3.63, 3.8) is 0 Å². The molecule has 0 aromatic heterocycles. The Hall–Kier alpha value is -2.33. The third kappa shape index (κ3) is 2.89. The normalized spacial score (nSPS) is 16.4. The lowest BCUT2D eigenvalue weighted by Gasteiger charge is -2.29. The summed E-state index contributed by atoms with van der Waals surface area (Å²) >= 11 is 0. The standard InChI is InChI=1S/C20H23NO3/c1-12-5-6-15(13(2)9-12)19-16-11-18(23-3)17(20(22)24-4)10-14(16)7-8-21-19/h5-6,9-11,19,21H,7-8H2,1-4H3. The number of methoxy groups -OCH3 is 2. The van der Waals surface area contributed by atoms with Gasteiger partial charge >= 0.3 is 5.97 Å². The fourth-order valence-electron chi connectivity index (χ4n) is 3.45. The van der Waals surface area contributed by atoms with E-state index in [1.165, 1.54) is 29.4 Å². The van der Waals surface area contributed by atoms with Gasteiger partial charge in [-0.1, -0.05) is 23.8 Å². The molecule has 2 aromatic carbocycles. The van der Waals surface area contributed by atoms with Crippen LogP contribution in [0, 0.1) is 13.8 Å². The first-order valence-corrected chi connectivity index (χ1v) is 8.14. The highest BCUT2D eigenvalue weighted by Crippen LogP contribution is 2.35. The molecule has 4 nitrogen and oxygen atoms in total. The van der Waals surface area contributed by atoms with Gasteiger partial charge in [0.15, 0.2) is 0 Å². The van der Waals surface area contributed by atoms with E-state index in [0.717, 1.165) is 18.5 Å². The molecule has 0 spiro atoms. The molecule has 1 aliphatic heterocycles. The molecular formula is C20H23NO3. The van der Waals surface area contributed by atoms with E-state index < -0.39 is 0 Å². The molecule has 0 saturated carbocycles. The number of carbonyl (C=O) groups is 1. The van der Waals surface area contributed by atoms with Gasteiger partial charge in [-0.2, -0.15) is 0 Å². The second kappa shape index (κ2) is 6.65. The van der Waals surface area contributed by atoms with E-state index in [1.807, 2.05) is 12.1 Å². The van der Waals surface area contributed by atoms with Gasteiger partial charge in [0, 0.05) is 6.54 Å². The van der Waals surface area contributed by atoms with Crippen molar-refractivity contribution in [1.29, 1.82) is 0 Å². The molecule has 0 radical (unpaired) electrons. The molecule has 1 N–H and O–H groups in total. The summed E-state index contributed by atoms with van der Waals surface area (Å²) in [5.41, 5.74) is 6.59. The maximum absolute atomic E-state index is 12.0. The van der Waals surface area contributed by atoms with Crippen molar-refractivity contribution in [2.45, 2.75) is 26.3 Å². The van der Waals surface area contributed by atoms with Crippen molar-refractivity contribution in [2.75, 3.05) is 20.8 Å². The summed E-state index contributed by atoms with van der Waals surface area (Å²) < 4.78 is 10.3. The first-order chi connectivity index (χ1) is 11.5.